The molecule has 5 nitrogen and oxygen atoms in total. The molecule has 0 radical (unpaired) electrons. The molecule has 2 rings (SSSR count). The number of nitrogens with one attached hydrogen (secondary N) is 1. The third-order valence-corrected chi connectivity index (χ3v) is 3.47. The molecule has 6 heteroatoms. The molecule has 0 bridgehead atoms. The minimum Gasteiger partial charge on any atom is -0.473 e. The van der Waals surface area contributed by atoms with Gasteiger partial charge in [-0.1, -0.05) is 30.3 Å². The average Bonchev–Trinajstić information content (AvgIpc) is 2.63. The van der Waals surface area contributed by atoms with E-state index in [9.17, 15) is 9.18 Å². The SMILES string of the molecule is C[C@H](NC(=O)c1ccc(OC/C(=C\F)CN)nc1)c1ccccc1. The Kier molecular flexibility index (Phi) is 6.45. The van der Waals surface area contributed by atoms with Crippen LogP contribution in [0, 0.1) is 0 Å². The third-order valence-electron chi connectivity index (χ3n) is 3.47. The Hall–Kier alpha value is -2.73. The monoisotopic (exact) mass is 329 g/mol. The first-order chi connectivity index (χ1) is 11.6. The second kappa shape index (κ2) is 8.79. The van der Waals surface area contributed by atoms with Crippen molar-refractivity contribution in [3.8, 4) is 5.88 Å². The van der Waals surface area contributed by atoms with Crippen LogP contribution in [0.1, 0.15) is 28.9 Å². The number of amides is 1. The minimum absolute atomic E-state index is 0.0244. The number of aromatic nitrogens is 1. The van der Waals surface area contributed by atoms with Crippen LogP contribution in [-0.4, -0.2) is 24.0 Å². The van der Waals surface area contributed by atoms with Crippen LogP contribution in [0.3, 0.4) is 0 Å². The predicted octanol–water partition coefficient (Wildman–Crippen LogP) is 2.76. The van der Waals surface area contributed by atoms with E-state index >= 15 is 0 Å². The molecule has 0 fully saturated rings. The van der Waals surface area contributed by atoms with Crippen molar-refractivity contribution in [2.75, 3.05) is 13.2 Å². The number of halogens is 1. The first kappa shape index (κ1) is 17.6. The number of rotatable bonds is 7. The highest BCUT2D eigenvalue weighted by molar-refractivity contribution is 5.94. The molecule has 1 atom stereocenters. The van der Waals surface area contributed by atoms with Crippen LogP contribution < -0.4 is 15.8 Å². The van der Waals surface area contributed by atoms with Crippen LogP contribution in [0.4, 0.5) is 4.39 Å². The number of nitrogens with zero attached hydrogens (tertiary/aromatic N) is 1. The zero-order valence-corrected chi connectivity index (χ0v) is 13.4. The van der Waals surface area contributed by atoms with Gasteiger partial charge in [0.1, 0.15) is 6.61 Å². The summed E-state index contributed by atoms with van der Waals surface area (Å²) in [7, 11) is 0. The fraction of sp³-hybridized carbons (Fsp3) is 0.222. The molecule has 0 saturated carbocycles. The van der Waals surface area contributed by atoms with Crippen molar-refractivity contribution < 1.29 is 13.9 Å². The zero-order valence-electron chi connectivity index (χ0n) is 13.4. The summed E-state index contributed by atoms with van der Waals surface area (Å²) < 4.78 is 17.7. The number of hydrogen-bond acceptors (Lipinski definition) is 4. The molecule has 1 heterocycles. The van der Waals surface area contributed by atoms with Crippen molar-refractivity contribution in [2.24, 2.45) is 5.73 Å². The smallest absolute Gasteiger partial charge is 0.253 e. The Labute approximate surface area is 140 Å². The lowest BCUT2D eigenvalue weighted by Gasteiger charge is -2.14. The molecule has 24 heavy (non-hydrogen) atoms. The first-order valence-corrected chi connectivity index (χ1v) is 7.57. The summed E-state index contributed by atoms with van der Waals surface area (Å²) in [5.74, 6) is 0.0761. The number of carbonyl (C=O) groups excluding carboxylic acids is 1. The van der Waals surface area contributed by atoms with Gasteiger partial charge in [0.2, 0.25) is 5.88 Å². The van der Waals surface area contributed by atoms with E-state index in [0.717, 1.165) is 5.56 Å². The molecule has 0 aliphatic rings. The Morgan fingerprint density at radius 3 is 2.67 bits per heavy atom. The normalized spacial score (nSPS) is 12.5. The number of nitrogens with two attached hydrogens (primary N) is 1. The van der Waals surface area contributed by atoms with Gasteiger partial charge < -0.3 is 15.8 Å². The van der Waals surface area contributed by atoms with E-state index in [2.05, 4.69) is 10.3 Å². The standard InChI is InChI=1S/C18H20FN3O2/c1-13(15-5-3-2-4-6-15)22-18(23)16-7-8-17(21-11-16)24-12-14(9-19)10-20/h2-9,11,13H,10,12,20H2,1H3,(H,22,23)/b14-9-/t13-/m0/s1. The van der Waals surface area contributed by atoms with Crippen molar-refractivity contribution in [1.82, 2.24) is 10.3 Å². The van der Waals surface area contributed by atoms with Crippen molar-refractivity contribution >= 4 is 5.91 Å². The molecule has 0 saturated heterocycles. The molecular weight excluding hydrogens is 309 g/mol. The summed E-state index contributed by atoms with van der Waals surface area (Å²) in [6, 6.07) is 12.7. The van der Waals surface area contributed by atoms with E-state index in [1.807, 2.05) is 37.3 Å². The molecule has 2 aromatic rings. The zero-order chi connectivity index (χ0) is 17.4. The maximum absolute atomic E-state index is 12.4. The highest BCUT2D eigenvalue weighted by Gasteiger charge is 2.11. The van der Waals surface area contributed by atoms with Crippen molar-refractivity contribution in [3.05, 3.63) is 71.7 Å². The van der Waals surface area contributed by atoms with Crippen LogP contribution in [0.15, 0.2) is 60.6 Å². The molecule has 3 N–H and O–H groups in total. The lowest BCUT2D eigenvalue weighted by Crippen LogP contribution is -2.26. The van der Waals surface area contributed by atoms with E-state index < -0.39 is 0 Å². The van der Waals surface area contributed by atoms with Gasteiger partial charge in [-0.05, 0) is 18.6 Å². The van der Waals surface area contributed by atoms with Crippen molar-refractivity contribution in [2.45, 2.75) is 13.0 Å². The molecule has 1 aromatic heterocycles. The Morgan fingerprint density at radius 2 is 2.08 bits per heavy atom. The topological polar surface area (TPSA) is 77.2 Å². The minimum atomic E-state index is -0.225. The van der Waals surface area contributed by atoms with Crippen molar-refractivity contribution in [1.29, 1.82) is 0 Å². The molecule has 1 amide bonds. The third kappa shape index (κ3) is 4.89. The Morgan fingerprint density at radius 1 is 1.33 bits per heavy atom. The maximum atomic E-state index is 12.4. The number of carbonyl (C=O) groups is 1. The van der Waals surface area contributed by atoms with Gasteiger partial charge in [0.05, 0.1) is 17.9 Å². The highest BCUT2D eigenvalue weighted by Crippen LogP contribution is 2.13. The van der Waals surface area contributed by atoms with Gasteiger partial charge in [0, 0.05) is 24.4 Å². The summed E-state index contributed by atoms with van der Waals surface area (Å²) in [5, 5.41) is 2.91. The summed E-state index contributed by atoms with van der Waals surface area (Å²) in [5.41, 5.74) is 7.11. The second-order valence-corrected chi connectivity index (χ2v) is 5.25. The van der Waals surface area contributed by atoms with E-state index in [1.54, 1.807) is 12.1 Å². The van der Waals surface area contributed by atoms with Gasteiger partial charge in [-0.15, -0.1) is 0 Å². The van der Waals surface area contributed by atoms with E-state index in [4.69, 9.17) is 10.5 Å². The number of benzene rings is 1. The second-order valence-electron chi connectivity index (χ2n) is 5.25. The summed E-state index contributed by atoms with van der Waals surface area (Å²) in [6.07, 6.45) is 1.84. The number of pyridine rings is 1. The van der Waals surface area contributed by atoms with Crippen LogP contribution >= 0.6 is 0 Å². The number of hydrogen-bond donors (Lipinski definition) is 2. The van der Waals surface area contributed by atoms with Gasteiger partial charge in [0.25, 0.3) is 5.91 Å². The largest absolute Gasteiger partial charge is 0.473 e. The van der Waals surface area contributed by atoms with E-state index in [1.165, 1.54) is 6.20 Å². The van der Waals surface area contributed by atoms with Gasteiger partial charge in [0.15, 0.2) is 0 Å². The summed E-state index contributed by atoms with van der Waals surface area (Å²) in [6.45, 7) is 2.01. The molecule has 0 aliphatic carbocycles. The highest BCUT2D eigenvalue weighted by atomic mass is 19.1. The van der Waals surface area contributed by atoms with E-state index in [0.29, 0.717) is 23.3 Å². The Bertz CT molecular complexity index is 687. The molecular formula is C18H20FN3O2. The molecule has 0 aliphatic heterocycles. The predicted molar refractivity (Wildman–Crippen MR) is 90.3 cm³/mol. The lowest BCUT2D eigenvalue weighted by atomic mass is 10.1. The first-order valence-electron chi connectivity index (χ1n) is 7.57. The number of ether oxygens (including phenoxy) is 1. The summed E-state index contributed by atoms with van der Waals surface area (Å²) in [4.78, 5) is 16.3. The van der Waals surface area contributed by atoms with E-state index in [-0.39, 0.29) is 25.1 Å². The fourth-order valence-corrected chi connectivity index (χ4v) is 2.01. The van der Waals surface area contributed by atoms with Gasteiger partial charge in [-0.2, -0.15) is 0 Å². The quantitative estimate of drug-likeness (QED) is 0.819. The van der Waals surface area contributed by atoms with Gasteiger partial charge in [-0.25, -0.2) is 9.37 Å². The van der Waals surface area contributed by atoms with Gasteiger partial charge in [-0.3, -0.25) is 4.79 Å². The van der Waals surface area contributed by atoms with Crippen LogP contribution in [-0.2, 0) is 0 Å². The molecule has 0 unspecified atom stereocenters. The molecule has 1 aromatic carbocycles. The molecule has 0 spiro atoms. The molecule has 126 valence electrons. The van der Waals surface area contributed by atoms with Crippen LogP contribution in [0.2, 0.25) is 0 Å². The lowest BCUT2D eigenvalue weighted by molar-refractivity contribution is 0.0939. The van der Waals surface area contributed by atoms with Crippen LogP contribution in [0.25, 0.3) is 0 Å². The average molecular weight is 329 g/mol. The fourth-order valence-electron chi connectivity index (χ4n) is 2.01. The van der Waals surface area contributed by atoms with Gasteiger partial charge >= 0.3 is 0 Å². The summed E-state index contributed by atoms with van der Waals surface area (Å²) >= 11 is 0. The van der Waals surface area contributed by atoms with Crippen LogP contribution in [0.5, 0.6) is 5.88 Å². The maximum Gasteiger partial charge on any atom is 0.253 e. The Balaban J connectivity index is 1.93. The van der Waals surface area contributed by atoms with Crippen molar-refractivity contribution in [3.63, 3.8) is 0 Å².